The van der Waals surface area contributed by atoms with E-state index < -0.39 is 0 Å². The van der Waals surface area contributed by atoms with Crippen LogP contribution in [0.4, 0.5) is 0 Å². The normalized spacial score (nSPS) is 25.2. The van der Waals surface area contributed by atoms with E-state index in [1.54, 1.807) is 6.21 Å². The summed E-state index contributed by atoms with van der Waals surface area (Å²) in [6.45, 7) is 2.36. The third-order valence-corrected chi connectivity index (χ3v) is 1.84. The Bertz CT molecular complexity index is 208. The Morgan fingerprint density at radius 1 is 1.90 bits per heavy atom. The van der Waals surface area contributed by atoms with Crippen molar-refractivity contribution < 1.29 is 4.79 Å². The molecular formula is C7H8ClNO. The molecule has 0 amide bonds. The lowest BCUT2D eigenvalue weighted by Crippen LogP contribution is -2.15. The van der Waals surface area contributed by atoms with Gasteiger partial charge in [-0.05, 0) is 12.5 Å². The van der Waals surface area contributed by atoms with Crippen LogP contribution >= 0.6 is 11.6 Å². The first-order valence-corrected chi connectivity index (χ1v) is 3.49. The summed E-state index contributed by atoms with van der Waals surface area (Å²) in [5, 5.41) is -0.220. The smallest absolute Gasteiger partial charge is 0.147 e. The Hall–Kier alpha value is -0.630. The molecule has 10 heavy (non-hydrogen) atoms. The van der Waals surface area contributed by atoms with Crippen LogP contribution in [0, 0.1) is 0 Å². The first-order chi connectivity index (χ1) is 4.75. The number of halogens is 1. The van der Waals surface area contributed by atoms with E-state index in [0.717, 1.165) is 11.9 Å². The third kappa shape index (κ3) is 1.27. The monoisotopic (exact) mass is 157 g/mol. The maximum absolute atomic E-state index is 10.4. The van der Waals surface area contributed by atoms with Gasteiger partial charge in [0.05, 0.1) is 11.9 Å². The molecule has 0 saturated carbocycles. The molecule has 0 aromatic heterocycles. The lowest BCUT2D eigenvalue weighted by atomic mass is 10.1. The number of rotatable bonds is 1. The van der Waals surface area contributed by atoms with Crippen LogP contribution in [0.5, 0.6) is 0 Å². The van der Waals surface area contributed by atoms with Crippen LogP contribution in [0.25, 0.3) is 0 Å². The molecule has 0 bridgehead atoms. The molecule has 0 radical (unpaired) electrons. The summed E-state index contributed by atoms with van der Waals surface area (Å²) in [5.74, 6) is 0. The summed E-state index contributed by atoms with van der Waals surface area (Å²) in [6, 6.07) is 0. The van der Waals surface area contributed by atoms with E-state index in [1.807, 2.05) is 6.92 Å². The lowest BCUT2D eigenvalue weighted by molar-refractivity contribution is -0.105. The standard InChI is InChI=1S/C7H8ClNO/c1-5-2-9-3-7(8)6(5)4-10/h2,4,7H,3H2,1H3. The Morgan fingerprint density at radius 2 is 2.60 bits per heavy atom. The van der Waals surface area contributed by atoms with E-state index in [0.29, 0.717) is 12.1 Å². The topological polar surface area (TPSA) is 29.4 Å². The molecular weight excluding hydrogens is 150 g/mol. The van der Waals surface area contributed by atoms with Gasteiger partial charge in [0.25, 0.3) is 0 Å². The molecule has 0 spiro atoms. The van der Waals surface area contributed by atoms with Crippen molar-refractivity contribution in [2.75, 3.05) is 6.54 Å². The van der Waals surface area contributed by atoms with E-state index in [-0.39, 0.29) is 5.38 Å². The zero-order valence-electron chi connectivity index (χ0n) is 5.67. The van der Waals surface area contributed by atoms with Crippen molar-refractivity contribution in [2.45, 2.75) is 12.3 Å². The fourth-order valence-corrected chi connectivity index (χ4v) is 1.17. The highest BCUT2D eigenvalue weighted by Gasteiger charge is 2.14. The molecule has 0 aromatic carbocycles. The van der Waals surface area contributed by atoms with Crippen LogP contribution < -0.4 is 0 Å². The van der Waals surface area contributed by atoms with Crippen LogP contribution in [0.3, 0.4) is 0 Å². The summed E-state index contributed by atoms with van der Waals surface area (Å²) < 4.78 is 0. The van der Waals surface area contributed by atoms with E-state index in [9.17, 15) is 4.79 Å². The Balaban J connectivity index is 2.94. The van der Waals surface area contributed by atoms with E-state index in [2.05, 4.69) is 4.99 Å². The fourth-order valence-electron chi connectivity index (χ4n) is 0.869. The number of hydrogen-bond donors (Lipinski definition) is 0. The van der Waals surface area contributed by atoms with Crippen molar-refractivity contribution in [1.82, 2.24) is 0 Å². The third-order valence-electron chi connectivity index (χ3n) is 1.47. The first-order valence-electron chi connectivity index (χ1n) is 3.05. The number of allylic oxidation sites excluding steroid dienone is 1. The van der Waals surface area contributed by atoms with Crippen LogP contribution in [0.15, 0.2) is 16.1 Å². The van der Waals surface area contributed by atoms with Crippen LogP contribution in [0.2, 0.25) is 0 Å². The highest BCUT2D eigenvalue weighted by Crippen LogP contribution is 2.15. The van der Waals surface area contributed by atoms with Gasteiger partial charge in [-0.25, -0.2) is 0 Å². The average Bonchev–Trinajstić information content (AvgIpc) is 1.88. The molecule has 1 aliphatic heterocycles. The van der Waals surface area contributed by atoms with Gasteiger partial charge >= 0.3 is 0 Å². The SMILES string of the molecule is CC1=C(C=O)C(Cl)CN=C1. The molecule has 0 aromatic rings. The molecule has 1 aliphatic rings. The number of aliphatic imine (C=N–C) groups is 1. The summed E-state index contributed by atoms with van der Waals surface area (Å²) in [6.07, 6.45) is 2.49. The van der Waals surface area contributed by atoms with Gasteiger partial charge in [-0.1, -0.05) is 0 Å². The molecule has 1 heterocycles. The molecule has 0 fully saturated rings. The molecule has 1 unspecified atom stereocenters. The maximum atomic E-state index is 10.4. The molecule has 1 atom stereocenters. The van der Waals surface area contributed by atoms with Crippen molar-refractivity contribution in [3.05, 3.63) is 11.1 Å². The van der Waals surface area contributed by atoms with Gasteiger partial charge in [0.1, 0.15) is 6.29 Å². The Labute approximate surface area is 64.6 Å². The number of alkyl halides is 1. The summed E-state index contributed by atoms with van der Waals surface area (Å²) in [7, 11) is 0. The minimum atomic E-state index is -0.220. The number of dihydropyridines is 1. The molecule has 3 heteroatoms. The Morgan fingerprint density at radius 3 is 3.00 bits per heavy atom. The number of carbonyl (C=O) groups excluding carboxylic acids is 1. The number of carbonyl (C=O) groups is 1. The van der Waals surface area contributed by atoms with Gasteiger partial charge in [0, 0.05) is 11.8 Å². The Kier molecular flexibility index (Phi) is 2.22. The second-order valence-corrected chi connectivity index (χ2v) is 2.74. The molecule has 1 rings (SSSR count). The van der Waals surface area contributed by atoms with Gasteiger partial charge in [-0.15, -0.1) is 11.6 Å². The molecule has 2 nitrogen and oxygen atoms in total. The van der Waals surface area contributed by atoms with Crippen molar-refractivity contribution in [1.29, 1.82) is 0 Å². The highest BCUT2D eigenvalue weighted by atomic mass is 35.5. The van der Waals surface area contributed by atoms with Crippen LogP contribution in [-0.4, -0.2) is 24.4 Å². The molecule has 54 valence electrons. The number of nitrogens with zero attached hydrogens (tertiary/aromatic N) is 1. The van der Waals surface area contributed by atoms with Crippen LogP contribution in [-0.2, 0) is 4.79 Å². The van der Waals surface area contributed by atoms with Gasteiger partial charge in [-0.2, -0.15) is 0 Å². The van der Waals surface area contributed by atoms with Crippen LogP contribution in [0.1, 0.15) is 6.92 Å². The zero-order valence-corrected chi connectivity index (χ0v) is 6.43. The number of hydrogen-bond acceptors (Lipinski definition) is 2. The van der Waals surface area contributed by atoms with Gasteiger partial charge < -0.3 is 0 Å². The minimum Gasteiger partial charge on any atom is -0.298 e. The molecule has 0 saturated heterocycles. The van der Waals surface area contributed by atoms with Gasteiger partial charge in [-0.3, -0.25) is 9.79 Å². The van der Waals surface area contributed by atoms with E-state index in [1.165, 1.54) is 0 Å². The molecule has 0 aliphatic carbocycles. The fraction of sp³-hybridized carbons (Fsp3) is 0.429. The lowest BCUT2D eigenvalue weighted by Gasteiger charge is -2.11. The van der Waals surface area contributed by atoms with E-state index in [4.69, 9.17) is 11.6 Å². The predicted molar refractivity (Wildman–Crippen MR) is 41.8 cm³/mol. The quantitative estimate of drug-likeness (QED) is 0.415. The summed E-state index contributed by atoms with van der Waals surface area (Å²) in [5.41, 5.74) is 1.54. The molecule has 0 N–H and O–H groups in total. The van der Waals surface area contributed by atoms with Crippen molar-refractivity contribution in [2.24, 2.45) is 4.99 Å². The second-order valence-electron chi connectivity index (χ2n) is 2.22. The largest absolute Gasteiger partial charge is 0.298 e. The highest BCUT2D eigenvalue weighted by molar-refractivity contribution is 6.25. The minimum absolute atomic E-state index is 0.220. The van der Waals surface area contributed by atoms with Crippen molar-refractivity contribution >= 4 is 24.1 Å². The first kappa shape index (κ1) is 7.48. The maximum Gasteiger partial charge on any atom is 0.147 e. The average molecular weight is 158 g/mol. The number of aldehydes is 1. The zero-order chi connectivity index (χ0) is 7.56. The summed E-state index contributed by atoms with van der Waals surface area (Å²) in [4.78, 5) is 14.3. The van der Waals surface area contributed by atoms with E-state index >= 15 is 0 Å². The van der Waals surface area contributed by atoms with Crippen molar-refractivity contribution in [3.8, 4) is 0 Å². The van der Waals surface area contributed by atoms with Crippen molar-refractivity contribution in [3.63, 3.8) is 0 Å². The van der Waals surface area contributed by atoms with Gasteiger partial charge in [0.15, 0.2) is 0 Å². The van der Waals surface area contributed by atoms with Gasteiger partial charge in [0.2, 0.25) is 0 Å². The second kappa shape index (κ2) is 2.97. The predicted octanol–water partition coefficient (Wildman–Crippen LogP) is 1.19. The summed E-state index contributed by atoms with van der Waals surface area (Å²) >= 11 is 5.77.